The number of nitrogens with one attached hydrogen (secondary N) is 2. The average Bonchev–Trinajstić information content (AvgIpc) is 3.18. The van der Waals surface area contributed by atoms with E-state index in [1.807, 2.05) is 0 Å². The van der Waals surface area contributed by atoms with Gasteiger partial charge in [-0.1, -0.05) is 0 Å². The molecule has 15 nitrogen and oxygen atoms in total. The first-order valence-electron chi connectivity index (χ1n) is 10.0. The standard InChI is InChI=1S/C18H28N6O9/c19-8(6-14(27)28)15(29)22-9(3-4-12(20)25)17(31)24-5-1-2-11(24)16(30)23-10(18(32)33)7-13(21)26/h8-11H,1-7,19H2,(H2,20,25)(H2,21,26)(H,22,29)(H,23,30)(H,27,28)(H,32,33). The molecule has 15 heteroatoms. The minimum atomic E-state index is -1.59. The smallest absolute Gasteiger partial charge is 0.326 e. The third kappa shape index (κ3) is 8.72. The Bertz CT molecular complexity index is 817. The van der Waals surface area contributed by atoms with E-state index < -0.39 is 78.5 Å². The topological polar surface area (TPSA) is 265 Å². The van der Waals surface area contributed by atoms with E-state index in [2.05, 4.69) is 10.6 Å². The van der Waals surface area contributed by atoms with Gasteiger partial charge in [0.2, 0.25) is 29.5 Å². The van der Waals surface area contributed by atoms with Crippen LogP contribution in [0.4, 0.5) is 0 Å². The molecule has 184 valence electrons. The maximum atomic E-state index is 13.1. The zero-order valence-corrected chi connectivity index (χ0v) is 17.7. The highest BCUT2D eigenvalue weighted by atomic mass is 16.4. The first-order chi connectivity index (χ1) is 15.3. The van der Waals surface area contributed by atoms with Crippen LogP contribution in [0.5, 0.6) is 0 Å². The van der Waals surface area contributed by atoms with Crippen molar-refractivity contribution in [2.24, 2.45) is 17.2 Å². The van der Waals surface area contributed by atoms with Gasteiger partial charge in [-0.15, -0.1) is 0 Å². The predicted octanol–water partition coefficient (Wildman–Crippen LogP) is -4.03. The van der Waals surface area contributed by atoms with E-state index in [9.17, 15) is 33.6 Å². The van der Waals surface area contributed by atoms with Gasteiger partial charge in [0, 0.05) is 13.0 Å². The van der Waals surface area contributed by atoms with Gasteiger partial charge in [-0.25, -0.2) is 4.79 Å². The molecule has 1 rings (SSSR count). The number of carboxylic acid groups (broad SMARTS) is 2. The van der Waals surface area contributed by atoms with Crippen molar-refractivity contribution in [1.82, 2.24) is 15.5 Å². The zero-order valence-electron chi connectivity index (χ0n) is 17.7. The van der Waals surface area contributed by atoms with E-state index in [-0.39, 0.29) is 25.8 Å². The first kappa shape index (κ1) is 27.3. The quantitative estimate of drug-likeness (QED) is 0.136. The van der Waals surface area contributed by atoms with Crippen LogP contribution in [-0.4, -0.2) is 87.3 Å². The number of carbonyl (C=O) groups excluding carboxylic acids is 5. The number of rotatable bonds is 13. The average molecular weight is 472 g/mol. The number of carbonyl (C=O) groups is 7. The number of likely N-dealkylation sites (tertiary alicyclic amines) is 1. The molecule has 0 radical (unpaired) electrons. The number of hydrogen-bond acceptors (Lipinski definition) is 8. The summed E-state index contributed by atoms with van der Waals surface area (Å²) in [5.41, 5.74) is 15.6. The molecule has 1 fully saturated rings. The second kappa shape index (κ2) is 12.3. The molecule has 0 aromatic rings. The Labute approximate surface area is 188 Å². The molecule has 1 saturated heterocycles. The molecule has 1 aliphatic rings. The van der Waals surface area contributed by atoms with Gasteiger partial charge in [0.15, 0.2) is 0 Å². The molecule has 0 aliphatic carbocycles. The molecule has 4 atom stereocenters. The molecule has 1 heterocycles. The predicted molar refractivity (Wildman–Crippen MR) is 109 cm³/mol. The summed E-state index contributed by atoms with van der Waals surface area (Å²) in [5, 5.41) is 22.4. The maximum absolute atomic E-state index is 13.1. The summed E-state index contributed by atoms with van der Waals surface area (Å²) in [5.74, 6) is -7.08. The van der Waals surface area contributed by atoms with Crippen LogP contribution < -0.4 is 27.8 Å². The van der Waals surface area contributed by atoms with Crippen molar-refractivity contribution in [2.45, 2.75) is 62.7 Å². The lowest BCUT2D eigenvalue weighted by Gasteiger charge is -2.29. The van der Waals surface area contributed by atoms with Gasteiger partial charge in [0.25, 0.3) is 0 Å². The van der Waals surface area contributed by atoms with E-state index in [1.54, 1.807) is 0 Å². The van der Waals surface area contributed by atoms with Crippen LogP contribution in [0.3, 0.4) is 0 Å². The molecular formula is C18H28N6O9. The lowest BCUT2D eigenvalue weighted by molar-refractivity contribution is -0.146. The third-order valence-corrected chi connectivity index (χ3v) is 4.88. The molecule has 0 saturated carbocycles. The van der Waals surface area contributed by atoms with Crippen LogP contribution in [0.15, 0.2) is 0 Å². The van der Waals surface area contributed by atoms with E-state index in [1.165, 1.54) is 0 Å². The number of nitrogens with two attached hydrogens (primary N) is 3. The Hall–Kier alpha value is -3.75. The molecule has 5 amide bonds. The zero-order chi connectivity index (χ0) is 25.3. The summed E-state index contributed by atoms with van der Waals surface area (Å²) < 4.78 is 0. The summed E-state index contributed by atoms with van der Waals surface area (Å²) in [4.78, 5) is 83.3. The second-order valence-corrected chi connectivity index (χ2v) is 7.53. The normalized spacial score (nSPS) is 18.0. The minimum absolute atomic E-state index is 0.0919. The fraction of sp³-hybridized carbons (Fsp3) is 0.611. The highest BCUT2D eigenvalue weighted by molar-refractivity contribution is 5.96. The van der Waals surface area contributed by atoms with Crippen LogP contribution in [0.25, 0.3) is 0 Å². The fourth-order valence-corrected chi connectivity index (χ4v) is 3.28. The summed E-state index contributed by atoms with van der Waals surface area (Å²) in [6.45, 7) is 0.0919. The van der Waals surface area contributed by atoms with Crippen LogP contribution in [-0.2, 0) is 33.6 Å². The van der Waals surface area contributed by atoms with Crippen LogP contribution in [0, 0.1) is 0 Å². The maximum Gasteiger partial charge on any atom is 0.326 e. The van der Waals surface area contributed by atoms with E-state index >= 15 is 0 Å². The molecule has 0 spiro atoms. The molecule has 1 aliphatic heterocycles. The Balaban J connectivity index is 2.99. The Morgan fingerprint density at radius 1 is 0.939 bits per heavy atom. The number of carboxylic acids is 2. The van der Waals surface area contributed by atoms with Gasteiger partial charge in [-0.3, -0.25) is 28.8 Å². The second-order valence-electron chi connectivity index (χ2n) is 7.53. The number of primary amides is 2. The Morgan fingerprint density at radius 2 is 1.58 bits per heavy atom. The molecule has 0 aromatic heterocycles. The van der Waals surface area contributed by atoms with Crippen molar-refractivity contribution < 1.29 is 43.8 Å². The Kier molecular flexibility index (Phi) is 10.2. The molecule has 0 bridgehead atoms. The molecule has 10 N–H and O–H groups in total. The summed E-state index contributed by atoms with van der Waals surface area (Å²) in [7, 11) is 0. The third-order valence-electron chi connectivity index (χ3n) is 4.88. The highest BCUT2D eigenvalue weighted by Gasteiger charge is 2.39. The van der Waals surface area contributed by atoms with Gasteiger partial charge in [0.05, 0.1) is 18.9 Å². The van der Waals surface area contributed by atoms with Crippen molar-refractivity contribution in [2.75, 3.05) is 6.54 Å². The number of aliphatic carboxylic acids is 2. The number of nitrogens with zero attached hydrogens (tertiary/aromatic N) is 1. The largest absolute Gasteiger partial charge is 0.481 e. The van der Waals surface area contributed by atoms with Crippen molar-refractivity contribution in [3.05, 3.63) is 0 Å². The van der Waals surface area contributed by atoms with E-state index in [0.29, 0.717) is 6.42 Å². The molecule has 0 aromatic carbocycles. The van der Waals surface area contributed by atoms with Crippen molar-refractivity contribution in [3.63, 3.8) is 0 Å². The lowest BCUT2D eigenvalue weighted by Crippen LogP contribution is -2.57. The summed E-state index contributed by atoms with van der Waals surface area (Å²) in [6, 6.07) is -5.49. The first-order valence-corrected chi connectivity index (χ1v) is 10.0. The SMILES string of the molecule is NC(=O)CCC(NC(=O)C(N)CC(=O)O)C(=O)N1CCCC1C(=O)NC(CC(N)=O)C(=O)O. The monoisotopic (exact) mass is 472 g/mol. The van der Waals surface area contributed by atoms with Crippen LogP contribution >= 0.6 is 0 Å². The summed E-state index contributed by atoms with van der Waals surface area (Å²) >= 11 is 0. The van der Waals surface area contributed by atoms with Gasteiger partial charge in [-0.2, -0.15) is 0 Å². The van der Waals surface area contributed by atoms with Crippen molar-refractivity contribution in [1.29, 1.82) is 0 Å². The number of hydrogen-bond donors (Lipinski definition) is 7. The van der Waals surface area contributed by atoms with E-state index in [4.69, 9.17) is 27.4 Å². The van der Waals surface area contributed by atoms with Crippen LogP contribution in [0.1, 0.15) is 38.5 Å². The number of amides is 5. The summed E-state index contributed by atoms with van der Waals surface area (Å²) in [6.07, 6.45) is -1.32. The Morgan fingerprint density at radius 3 is 2.09 bits per heavy atom. The minimum Gasteiger partial charge on any atom is -0.481 e. The van der Waals surface area contributed by atoms with Crippen molar-refractivity contribution in [3.8, 4) is 0 Å². The van der Waals surface area contributed by atoms with Gasteiger partial charge >= 0.3 is 11.9 Å². The van der Waals surface area contributed by atoms with E-state index in [0.717, 1.165) is 4.90 Å². The van der Waals surface area contributed by atoms with Gasteiger partial charge in [-0.05, 0) is 19.3 Å². The highest BCUT2D eigenvalue weighted by Crippen LogP contribution is 2.20. The van der Waals surface area contributed by atoms with Crippen LogP contribution in [0.2, 0.25) is 0 Å². The lowest BCUT2D eigenvalue weighted by atomic mass is 10.1. The van der Waals surface area contributed by atoms with Crippen molar-refractivity contribution >= 4 is 41.5 Å². The van der Waals surface area contributed by atoms with Gasteiger partial charge < -0.3 is 42.9 Å². The van der Waals surface area contributed by atoms with Gasteiger partial charge in [0.1, 0.15) is 18.1 Å². The molecular weight excluding hydrogens is 444 g/mol. The fourth-order valence-electron chi connectivity index (χ4n) is 3.28. The molecule has 4 unspecified atom stereocenters. The molecule has 33 heavy (non-hydrogen) atoms.